The van der Waals surface area contributed by atoms with E-state index in [2.05, 4.69) is 9.97 Å². The summed E-state index contributed by atoms with van der Waals surface area (Å²) in [5.74, 6) is 0.609. The third-order valence-corrected chi connectivity index (χ3v) is 1.57. The SMILES string of the molecule is Cc1cc(C(C)C)nc(C#N)n1. The van der Waals surface area contributed by atoms with Crippen molar-refractivity contribution in [3.8, 4) is 6.07 Å². The fraction of sp³-hybridized carbons (Fsp3) is 0.444. The molecule has 0 saturated carbocycles. The van der Waals surface area contributed by atoms with E-state index in [1.807, 2.05) is 32.9 Å². The summed E-state index contributed by atoms with van der Waals surface area (Å²) in [6.07, 6.45) is 0. The van der Waals surface area contributed by atoms with Crippen LogP contribution in [0.15, 0.2) is 6.07 Å². The van der Waals surface area contributed by atoms with Crippen LogP contribution in [0.25, 0.3) is 0 Å². The Kier molecular flexibility index (Phi) is 2.39. The summed E-state index contributed by atoms with van der Waals surface area (Å²) in [6.45, 7) is 5.96. The largest absolute Gasteiger partial charge is 0.232 e. The minimum atomic E-state index is 0.263. The van der Waals surface area contributed by atoms with E-state index in [0.29, 0.717) is 5.92 Å². The minimum Gasteiger partial charge on any atom is -0.224 e. The molecule has 0 aromatic carbocycles. The Bertz CT molecular complexity index is 323. The second kappa shape index (κ2) is 3.31. The highest BCUT2D eigenvalue weighted by atomic mass is 14.9. The molecular weight excluding hydrogens is 150 g/mol. The predicted molar refractivity (Wildman–Crippen MR) is 45.6 cm³/mol. The van der Waals surface area contributed by atoms with Gasteiger partial charge in [0.2, 0.25) is 5.82 Å². The maximum absolute atomic E-state index is 8.59. The monoisotopic (exact) mass is 161 g/mol. The molecule has 1 aromatic heterocycles. The van der Waals surface area contributed by atoms with Crippen LogP contribution in [-0.4, -0.2) is 9.97 Å². The molecule has 0 amide bonds. The van der Waals surface area contributed by atoms with Crippen molar-refractivity contribution in [1.29, 1.82) is 5.26 Å². The summed E-state index contributed by atoms with van der Waals surface area (Å²) in [5, 5.41) is 8.59. The molecule has 0 fully saturated rings. The summed E-state index contributed by atoms with van der Waals surface area (Å²) in [6, 6.07) is 3.85. The lowest BCUT2D eigenvalue weighted by atomic mass is 10.1. The lowest BCUT2D eigenvalue weighted by Gasteiger charge is -2.04. The number of hydrogen-bond donors (Lipinski definition) is 0. The first-order valence-electron chi connectivity index (χ1n) is 3.89. The van der Waals surface area contributed by atoms with Gasteiger partial charge in [-0.1, -0.05) is 13.8 Å². The first-order valence-corrected chi connectivity index (χ1v) is 3.89. The van der Waals surface area contributed by atoms with Gasteiger partial charge in [0, 0.05) is 11.4 Å². The van der Waals surface area contributed by atoms with E-state index in [4.69, 9.17) is 5.26 Å². The third kappa shape index (κ3) is 1.79. The van der Waals surface area contributed by atoms with E-state index in [-0.39, 0.29) is 5.82 Å². The molecule has 1 rings (SSSR count). The van der Waals surface area contributed by atoms with Crippen molar-refractivity contribution in [1.82, 2.24) is 9.97 Å². The van der Waals surface area contributed by atoms with Crippen molar-refractivity contribution in [2.75, 3.05) is 0 Å². The van der Waals surface area contributed by atoms with Crippen LogP contribution in [0.5, 0.6) is 0 Å². The van der Waals surface area contributed by atoms with Crippen LogP contribution in [-0.2, 0) is 0 Å². The van der Waals surface area contributed by atoms with Crippen molar-refractivity contribution in [2.45, 2.75) is 26.7 Å². The average Bonchev–Trinajstić information content (AvgIpc) is 2.03. The molecule has 0 aliphatic carbocycles. The second-order valence-corrected chi connectivity index (χ2v) is 3.02. The van der Waals surface area contributed by atoms with Crippen LogP contribution >= 0.6 is 0 Å². The molecule has 3 heteroatoms. The zero-order chi connectivity index (χ0) is 9.14. The van der Waals surface area contributed by atoms with Crippen LogP contribution in [0.3, 0.4) is 0 Å². The van der Waals surface area contributed by atoms with Crippen LogP contribution in [0.4, 0.5) is 0 Å². The smallest absolute Gasteiger partial charge is 0.224 e. The number of nitriles is 1. The molecule has 12 heavy (non-hydrogen) atoms. The Morgan fingerprint density at radius 2 is 2.08 bits per heavy atom. The second-order valence-electron chi connectivity index (χ2n) is 3.02. The van der Waals surface area contributed by atoms with E-state index in [0.717, 1.165) is 11.4 Å². The Balaban J connectivity index is 3.17. The van der Waals surface area contributed by atoms with Gasteiger partial charge in [-0.2, -0.15) is 5.26 Å². The van der Waals surface area contributed by atoms with Gasteiger partial charge in [0.15, 0.2) is 0 Å². The van der Waals surface area contributed by atoms with Crippen molar-refractivity contribution in [3.63, 3.8) is 0 Å². The van der Waals surface area contributed by atoms with Crippen molar-refractivity contribution < 1.29 is 0 Å². The molecule has 0 atom stereocenters. The Morgan fingerprint density at radius 3 is 2.58 bits per heavy atom. The van der Waals surface area contributed by atoms with Gasteiger partial charge in [0.25, 0.3) is 0 Å². The highest BCUT2D eigenvalue weighted by molar-refractivity contribution is 5.19. The zero-order valence-electron chi connectivity index (χ0n) is 7.50. The fourth-order valence-electron chi connectivity index (χ4n) is 0.939. The molecule has 0 spiro atoms. The summed E-state index contributed by atoms with van der Waals surface area (Å²) in [5.41, 5.74) is 1.78. The third-order valence-electron chi connectivity index (χ3n) is 1.57. The van der Waals surface area contributed by atoms with Gasteiger partial charge in [0.05, 0.1) is 0 Å². The van der Waals surface area contributed by atoms with Crippen LogP contribution in [0.1, 0.15) is 37.0 Å². The van der Waals surface area contributed by atoms with E-state index >= 15 is 0 Å². The molecule has 62 valence electrons. The predicted octanol–water partition coefficient (Wildman–Crippen LogP) is 1.78. The minimum absolute atomic E-state index is 0.263. The van der Waals surface area contributed by atoms with E-state index < -0.39 is 0 Å². The summed E-state index contributed by atoms with van der Waals surface area (Å²) in [7, 11) is 0. The number of rotatable bonds is 1. The van der Waals surface area contributed by atoms with Gasteiger partial charge >= 0.3 is 0 Å². The molecule has 1 aromatic rings. The van der Waals surface area contributed by atoms with Crippen molar-refractivity contribution in [2.24, 2.45) is 0 Å². The van der Waals surface area contributed by atoms with Gasteiger partial charge in [-0.05, 0) is 18.9 Å². The Hall–Kier alpha value is -1.43. The number of aromatic nitrogens is 2. The normalized spacial score (nSPS) is 9.92. The van der Waals surface area contributed by atoms with E-state index in [1.54, 1.807) is 0 Å². The van der Waals surface area contributed by atoms with Gasteiger partial charge in [-0.3, -0.25) is 0 Å². The molecule has 3 nitrogen and oxygen atoms in total. The van der Waals surface area contributed by atoms with Gasteiger partial charge in [-0.15, -0.1) is 0 Å². The summed E-state index contributed by atoms with van der Waals surface area (Å²) >= 11 is 0. The molecule has 0 aliphatic rings. The molecule has 0 saturated heterocycles. The molecule has 0 aliphatic heterocycles. The standard InChI is InChI=1S/C9H11N3/c1-6(2)8-4-7(3)11-9(5-10)12-8/h4,6H,1-3H3. The molecule has 1 heterocycles. The van der Waals surface area contributed by atoms with E-state index in [9.17, 15) is 0 Å². The molecule has 0 radical (unpaired) electrons. The topological polar surface area (TPSA) is 49.6 Å². The molecule has 0 N–H and O–H groups in total. The molecular formula is C9H11N3. The first-order chi connectivity index (χ1) is 5.63. The molecule has 0 bridgehead atoms. The first kappa shape index (κ1) is 8.66. The van der Waals surface area contributed by atoms with Crippen molar-refractivity contribution >= 4 is 0 Å². The van der Waals surface area contributed by atoms with Crippen LogP contribution in [0, 0.1) is 18.3 Å². The molecule has 0 unspecified atom stereocenters. The lowest BCUT2D eigenvalue weighted by Crippen LogP contribution is -1.99. The number of nitrogens with zero attached hydrogens (tertiary/aromatic N) is 3. The quantitative estimate of drug-likeness (QED) is 0.630. The Labute approximate surface area is 72.1 Å². The van der Waals surface area contributed by atoms with Gasteiger partial charge < -0.3 is 0 Å². The lowest BCUT2D eigenvalue weighted by molar-refractivity contribution is 0.803. The maximum Gasteiger partial charge on any atom is 0.232 e. The fourth-order valence-corrected chi connectivity index (χ4v) is 0.939. The summed E-state index contributed by atoms with van der Waals surface area (Å²) < 4.78 is 0. The highest BCUT2D eigenvalue weighted by Crippen LogP contribution is 2.11. The number of hydrogen-bond acceptors (Lipinski definition) is 3. The van der Waals surface area contributed by atoms with Crippen molar-refractivity contribution in [3.05, 3.63) is 23.3 Å². The zero-order valence-corrected chi connectivity index (χ0v) is 7.50. The summed E-state index contributed by atoms with van der Waals surface area (Å²) in [4.78, 5) is 8.04. The maximum atomic E-state index is 8.59. The van der Waals surface area contributed by atoms with Gasteiger partial charge in [-0.25, -0.2) is 9.97 Å². The van der Waals surface area contributed by atoms with Crippen LogP contribution < -0.4 is 0 Å². The number of aryl methyl sites for hydroxylation is 1. The highest BCUT2D eigenvalue weighted by Gasteiger charge is 2.04. The van der Waals surface area contributed by atoms with E-state index in [1.165, 1.54) is 0 Å². The van der Waals surface area contributed by atoms with Crippen LogP contribution in [0.2, 0.25) is 0 Å². The Morgan fingerprint density at radius 1 is 1.42 bits per heavy atom. The average molecular weight is 161 g/mol. The van der Waals surface area contributed by atoms with Gasteiger partial charge in [0.1, 0.15) is 6.07 Å².